The van der Waals surface area contributed by atoms with Gasteiger partial charge in [0.2, 0.25) is 0 Å². The Labute approximate surface area is 140 Å². The molecule has 1 heterocycles. The van der Waals surface area contributed by atoms with Crippen LogP contribution in [0.15, 0.2) is 0 Å². The molecule has 6 nitrogen and oxygen atoms in total. The minimum Gasteiger partial charge on any atom is -0.393 e. The summed E-state index contributed by atoms with van der Waals surface area (Å²) in [5.41, 5.74) is 0. The molecule has 134 valence electrons. The SMILES string of the molecule is CCCC1C(=O)OC(=O)C1CCC[Si](OCC)(OCC)OCC. The van der Waals surface area contributed by atoms with Gasteiger partial charge in [-0.1, -0.05) is 13.3 Å². The first-order chi connectivity index (χ1) is 11.0. The fourth-order valence-electron chi connectivity index (χ4n) is 3.07. The van der Waals surface area contributed by atoms with Crippen molar-refractivity contribution < 1.29 is 27.6 Å². The van der Waals surface area contributed by atoms with Crippen LogP contribution in [-0.4, -0.2) is 40.6 Å². The van der Waals surface area contributed by atoms with E-state index in [1.54, 1.807) is 0 Å². The summed E-state index contributed by atoms with van der Waals surface area (Å²) in [6.07, 6.45) is 2.88. The lowest BCUT2D eigenvalue weighted by Gasteiger charge is -2.28. The van der Waals surface area contributed by atoms with Gasteiger partial charge in [0.25, 0.3) is 0 Å². The van der Waals surface area contributed by atoms with Crippen molar-refractivity contribution in [1.82, 2.24) is 0 Å². The molecule has 2 atom stereocenters. The third kappa shape index (κ3) is 5.67. The highest BCUT2D eigenvalue weighted by molar-refractivity contribution is 6.60. The first-order valence-corrected chi connectivity index (χ1v) is 10.6. The summed E-state index contributed by atoms with van der Waals surface area (Å²) in [6, 6.07) is 0.652. The predicted molar refractivity (Wildman–Crippen MR) is 87.7 cm³/mol. The third-order valence-corrected chi connectivity index (χ3v) is 7.13. The number of carbonyl (C=O) groups is 2. The van der Waals surface area contributed by atoms with Gasteiger partial charge < -0.3 is 18.0 Å². The molecule has 1 saturated heterocycles. The number of hydrogen-bond acceptors (Lipinski definition) is 6. The van der Waals surface area contributed by atoms with Crippen LogP contribution in [0.3, 0.4) is 0 Å². The highest BCUT2D eigenvalue weighted by Crippen LogP contribution is 2.32. The summed E-state index contributed by atoms with van der Waals surface area (Å²) in [7, 11) is -2.68. The van der Waals surface area contributed by atoms with Gasteiger partial charge in [-0.05, 0) is 40.0 Å². The standard InChI is InChI=1S/C16H30O6Si/c1-5-10-13-14(16(18)22-15(13)17)11-9-12-23(19-6-2,20-7-3)21-8-4/h13-14H,5-12H2,1-4H3. The van der Waals surface area contributed by atoms with Crippen LogP contribution >= 0.6 is 0 Å². The fraction of sp³-hybridized carbons (Fsp3) is 0.875. The Bertz CT molecular complexity index is 370. The quantitative estimate of drug-likeness (QED) is 0.307. The van der Waals surface area contributed by atoms with Crippen molar-refractivity contribution in [3.05, 3.63) is 0 Å². The maximum absolute atomic E-state index is 11.9. The van der Waals surface area contributed by atoms with E-state index < -0.39 is 8.80 Å². The van der Waals surface area contributed by atoms with Crippen LogP contribution in [0.1, 0.15) is 53.4 Å². The van der Waals surface area contributed by atoms with Crippen LogP contribution in [0.2, 0.25) is 6.04 Å². The lowest BCUT2D eigenvalue weighted by atomic mass is 9.87. The molecule has 0 radical (unpaired) electrons. The Morgan fingerprint density at radius 3 is 1.78 bits per heavy atom. The number of esters is 2. The molecule has 0 bridgehead atoms. The van der Waals surface area contributed by atoms with Crippen molar-refractivity contribution in [3.8, 4) is 0 Å². The number of cyclic esters (lactones) is 2. The first-order valence-electron chi connectivity index (χ1n) is 8.70. The Kier molecular flexibility index (Phi) is 8.97. The zero-order valence-electron chi connectivity index (χ0n) is 14.8. The highest BCUT2D eigenvalue weighted by Gasteiger charge is 2.45. The van der Waals surface area contributed by atoms with E-state index in [1.165, 1.54) is 0 Å². The van der Waals surface area contributed by atoms with E-state index >= 15 is 0 Å². The molecule has 1 fully saturated rings. The van der Waals surface area contributed by atoms with Crippen LogP contribution in [0.5, 0.6) is 0 Å². The second kappa shape index (κ2) is 10.2. The van der Waals surface area contributed by atoms with E-state index in [2.05, 4.69) is 0 Å². The second-order valence-electron chi connectivity index (χ2n) is 5.62. The lowest BCUT2D eigenvalue weighted by Crippen LogP contribution is -2.46. The van der Waals surface area contributed by atoms with Crippen molar-refractivity contribution in [2.45, 2.75) is 59.4 Å². The smallest absolute Gasteiger partial charge is 0.393 e. The summed E-state index contributed by atoms with van der Waals surface area (Å²) in [5.74, 6) is -1.39. The molecule has 0 aliphatic carbocycles. The molecular formula is C16H30O6Si. The van der Waals surface area contributed by atoms with Gasteiger partial charge in [0.15, 0.2) is 0 Å². The molecule has 1 rings (SSSR count). The molecule has 0 aromatic rings. The van der Waals surface area contributed by atoms with Crippen molar-refractivity contribution in [1.29, 1.82) is 0 Å². The maximum atomic E-state index is 11.9. The third-order valence-electron chi connectivity index (χ3n) is 3.98. The Balaban J connectivity index is 2.63. The number of carbonyl (C=O) groups excluding carboxylic acids is 2. The van der Waals surface area contributed by atoms with Gasteiger partial charge in [-0.2, -0.15) is 0 Å². The van der Waals surface area contributed by atoms with E-state index in [-0.39, 0.29) is 23.8 Å². The van der Waals surface area contributed by atoms with Gasteiger partial charge in [-0.15, -0.1) is 0 Å². The molecule has 1 aliphatic rings. The molecule has 2 unspecified atom stereocenters. The van der Waals surface area contributed by atoms with Gasteiger partial charge in [0.1, 0.15) is 0 Å². The largest absolute Gasteiger partial charge is 0.500 e. The molecule has 0 N–H and O–H groups in total. The van der Waals surface area contributed by atoms with Gasteiger partial charge in [0, 0.05) is 25.9 Å². The Hall–Kier alpha value is -0.763. The monoisotopic (exact) mass is 346 g/mol. The summed E-state index contributed by atoms with van der Waals surface area (Å²) in [6.45, 7) is 9.38. The summed E-state index contributed by atoms with van der Waals surface area (Å²) < 4.78 is 22.2. The van der Waals surface area contributed by atoms with E-state index in [0.29, 0.717) is 38.7 Å². The van der Waals surface area contributed by atoms with Crippen molar-refractivity contribution in [2.24, 2.45) is 11.8 Å². The molecular weight excluding hydrogens is 316 g/mol. The molecule has 1 aliphatic heterocycles. The van der Waals surface area contributed by atoms with Crippen molar-refractivity contribution >= 4 is 20.7 Å². The summed E-state index contributed by atoms with van der Waals surface area (Å²) >= 11 is 0. The zero-order chi connectivity index (χ0) is 17.3. The average Bonchev–Trinajstić information content (AvgIpc) is 2.75. The van der Waals surface area contributed by atoms with Crippen LogP contribution in [0, 0.1) is 11.8 Å². The van der Waals surface area contributed by atoms with Crippen LogP contribution in [-0.2, 0) is 27.6 Å². The van der Waals surface area contributed by atoms with Crippen LogP contribution < -0.4 is 0 Å². The van der Waals surface area contributed by atoms with Gasteiger partial charge in [-0.3, -0.25) is 9.59 Å². The number of hydrogen-bond donors (Lipinski definition) is 0. The van der Waals surface area contributed by atoms with Gasteiger partial charge in [-0.25, -0.2) is 0 Å². The molecule has 0 aromatic carbocycles. The van der Waals surface area contributed by atoms with E-state index in [0.717, 1.165) is 12.8 Å². The van der Waals surface area contributed by atoms with E-state index in [4.69, 9.17) is 18.0 Å². The van der Waals surface area contributed by atoms with E-state index in [9.17, 15) is 9.59 Å². The summed E-state index contributed by atoms with van der Waals surface area (Å²) in [5, 5.41) is 0. The molecule has 0 saturated carbocycles. The minimum atomic E-state index is -2.68. The predicted octanol–water partition coefficient (Wildman–Crippen LogP) is 2.93. The molecule has 0 amide bonds. The second-order valence-corrected chi connectivity index (χ2v) is 8.35. The number of ether oxygens (including phenoxy) is 1. The van der Waals surface area contributed by atoms with Crippen molar-refractivity contribution in [3.63, 3.8) is 0 Å². The topological polar surface area (TPSA) is 71.1 Å². The fourth-order valence-corrected chi connectivity index (χ4v) is 5.71. The lowest BCUT2D eigenvalue weighted by molar-refractivity contribution is -0.153. The van der Waals surface area contributed by atoms with Gasteiger partial charge >= 0.3 is 20.7 Å². The van der Waals surface area contributed by atoms with Crippen LogP contribution in [0.4, 0.5) is 0 Å². The van der Waals surface area contributed by atoms with E-state index in [1.807, 2.05) is 27.7 Å². The molecule has 0 spiro atoms. The normalized spacial score (nSPS) is 21.7. The number of rotatable bonds is 12. The molecule has 23 heavy (non-hydrogen) atoms. The molecule has 0 aromatic heterocycles. The summed E-state index contributed by atoms with van der Waals surface area (Å²) in [4.78, 5) is 23.6. The first kappa shape index (κ1) is 20.3. The minimum absolute atomic E-state index is 0.296. The zero-order valence-corrected chi connectivity index (χ0v) is 15.8. The van der Waals surface area contributed by atoms with Crippen molar-refractivity contribution in [2.75, 3.05) is 19.8 Å². The maximum Gasteiger partial charge on any atom is 0.500 e. The molecule has 7 heteroatoms. The Morgan fingerprint density at radius 1 is 0.870 bits per heavy atom. The Morgan fingerprint density at radius 2 is 1.35 bits per heavy atom. The van der Waals surface area contributed by atoms with Crippen LogP contribution in [0.25, 0.3) is 0 Å². The highest BCUT2D eigenvalue weighted by atomic mass is 28.4. The average molecular weight is 346 g/mol. The van der Waals surface area contributed by atoms with Gasteiger partial charge in [0.05, 0.1) is 11.8 Å².